The third-order valence-electron chi connectivity index (χ3n) is 0.866. The van der Waals surface area contributed by atoms with E-state index in [2.05, 4.69) is 6.58 Å². The zero-order chi connectivity index (χ0) is 11.9. The van der Waals surface area contributed by atoms with Gasteiger partial charge in [0.05, 0.1) is 0 Å². The molecule has 3 nitrogen and oxygen atoms in total. The lowest BCUT2D eigenvalue weighted by Crippen LogP contribution is -2.36. The molecular weight excluding hydrogens is 215 g/mol. The fourth-order valence-electron chi connectivity index (χ4n) is 0.277. The SMILES string of the molecule is C=CC(F)C(F)(F)C(F)F.O=C(O)O. The highest BCUT2D eigenvalue weighted by atomic mass is 19.3. The molecule has 1 atom stereocenters. The average Bonchev–Trinajstić information content (AvgIpc) is 2.01. The van der Waals surface area contributed by atoms with Crippen LogP contribution >= 0.6 is 0 Å². The highest BCUT2D eigenvalue weighted by Gasteiger charge is 2.47. The Kier molecular flexibility index (Phi) is 6.67. The van der Waals surface area contributed by atoms with Crippen LogP contribution in [0.1, 0.15) is 0 Å². The topological polar surface area (TPSA) is 57.5 Å². The van der Waals surface area contributed by atoms with Gasteiger partial charge >= 0.3 is 18.5 Å². The van der Waals surface area contributed by atoms with Crippen molar-refractivity contribution in [1.82, 2.24) is 0 Å². The van der Waals surface area contributed by atoms with Crippen molar-refractivity contribution in [3.8, 4) is 0 Å². The molecular formula is C6H7F5O3. The van der Waals surface area contributed by atoms with Gasteiger partial charge in [-0.15, -0.1) is 0 Å². The van der Waals surface area contributed by atoms with Gasteiger partial charge in [0, 0.05) is 0 Å². The number of carbonyl (C=O) groups is 1. The second-order valence-corrected chi connectivity index (χ2v) is 1.90. The van der Waals surface area contributed by atoms with Gasteiger partial charge in [-0.2, -0.15) is 8.78 Å². The molecule has 1 unspecified atom stereocenters. The van der Waals surface area contributed by atoms with Crippen molar-refractivity contribution in [2.75, 3.05) is 0 Å². The fraction of sp³-hybridized carbons (Fsp3) is 0.500. The van der Waals surface area contributed by atoms with Crippen LogP contribution in [-0.2, 0) is 0 Å². The van der Waals surface area contributed by atoms with Crippen molar-refractivity contribution in [3.63, 3.8) is 0 Å². The maximum Gasteiger partial charge on any atom is 0.503 e. The second kappa shape index (κ2) is 6.17. The number of rotatable bonds is 3. The van der Waals surface area contributed by atoms with E-state index in [0.717, 1.165) is 0 Å². The maximum absolute atomic E-state index is 11.8. The van der Waals surface area contributed by atoms with Crippen molar-refractivity contribution in [2.45, 2.75) is 18.5 Å². The second-order valence-electron chi connectivity index (χ2n) is 1.90. The maximum atomic E-state index is 11.8. The van der Waals surface area contributed by atoms with Gasteiger partial charge in [0.1, 0.15) is 0 Å². The summed E-state index contributed by atoms with van der Waals surface area (Å²) in [6, 6.07) is 0. The predicted octanol–water partition coefficient (Wildman–Crippen LogP) is 2.63. The summed E-state index contributed by atoms with van der Waals surface area (Å²) in [6.07, 6.45) is -8.65. The van der Waals surface area contributed by atoms with E-state index >= 15 is 0 Å². The van der Waals surface area contributed by atoms with E-state index in [1.165, 1.54) is 0 Å². The normalized spacial score (nSPS) is 12.7. The molecule has 0 aromatic rings. The third-order valence-corrected chi connectivity index (χ3v) is 0.866. The summed E-state index contributed by atoms with van der Waals surface area (Å²) in [7, 11) is 0. The van der Waals surface area contributed by atoms with E-state index in [4.69, 9.17) is 15.0 Å². The van der Waals surface area contributed by atoms with Crippen molar-refractivity contribution in [1.29, 1.82) is 0 Å². The van der Waals surface area contributed by atoms with Crippen LogP contribution in [0.25, 0.3) is 0 Å². The van der Waals surface area contributed by atoms with Crippen LogP contribution in [0.5, 0.6) is 0 Å². The van der Waals surface area contributed by atoms with Gasteiger partial charge in [0.2, 0.25) is 0 Å². The number of hydrogen-bond acceptors (Lipinski definition) is 1. The summed E-state index contributed by atoms with van der Waals surface area (Å²) in [5, 5.41) is 13.9. The summed E-state index contributed by atoms with van der Waals surface area (Å²) < 4.78 is 57.7. The molecule has 0 aliphatic carbocycles. The summed E-state index contributed by atoms with van der Waals surface area (Å²) in [4.78, 5) is 8.56. The third kappa shape index (κ3) is 6.21. The zero-order valence-electron chi connectivity index (χ0n) is 6.63. The monoisotopic (exact) mass is 222 g/mol. The van der Waals surface area contributed by atoms with E-state index in [1.54, 1.807) is 0 Å². The molecule has 0 aromatic heterocycles. The largest absolute Gasteiger partial charge is 0.503 e. The van der Waals surface area contributed by atoms with E-state index < -0.39 is 24.7 Å². The van der Waals surface area contributed by atoms with Crippen molar-refractivity contribution in [2.24, 2.45) is 0 Å². The molecule has 0 radical (unpaired) electrons. The number of hydrogen-bond donors (Lipinski definition) is 2. The van der Waals surface area contributed by atoms with Crippen LogP contribution in [0.15, 0.2) is 12.7 Å². The Morgan fingerprint density at radius 1 is 1.29 bits per heavy atom. The lowest BCUT2D eigenvalue weighted by Gasteiger charge is -2.15. The van der Waals surface area contributed by atoms with Crippen LogP contribution in [0.3, 0.4) is 0 Å². The minimum absolute atomic E-state index is 0.145. The van der Waals surface area contributed by atoms with Crippen LogP contribution in [0.2, 0.25) is 0 Å². The van der Waals surface area contributed by atoms with Gasteiger partial charge < -0.3 is 10.2 Å². The molecule has 0 aromatic carbocycles. The quantitative estimate of drug-likeness (QED) is 0.570. The average molecular weight is 222 g/mol. The number of allylic oxidation sites excluding steroid dienone is 1. The van der Waals surface area contributed by atoms with E-state index in [9.17, 15) is 22.0 Å². The van der Waals surface area contributed by atoms with Crippen molar-refractivity contribution < 1.29 is 37.0 Å². The smallest absolute Gasteiger partial charge is 0.450 e. The van der Waals surface area contributed by atoms with Gasteiger partial charge in [-0.05, 0) is 0 Å². The number of alkyl halides is 5. The molecule has 0 heterocycles. The van der Waals surface area contributed by atoms with Gasteiger partial charge in [-0.3, -0.25) is 0 Å². The first-order valence-corrected chi connectivity index (χ1v) is 3.00. The molecule has 0 aliphatic heterocycles. The number of halogens is 5. The Labute approximate surface area is 75.5 Å². The van der Waals surface area contributed by atoms with Crippen molar-refractivity contribution >= 4 is 6.16 Å². The highest BCUT2D eigenvalue weighted by Crippen LogP contribution is 2.29. The highest BCUT2D eigenvalue weighted by molar-refractivity contribution is 5.53. The molecule has 8 heteroatoms. The predicted molar refractivity (Wildman–Crippen MR) is 36.7 cm³/mol. The van der Waals surface area contributed by atoms with Crippen LogP contribution in [0, 0.1) is 0 Å². The molecule has 0 spiro atoms. The Morgan fingerprint density at radius 2 is 1.57 bits per heavy atom. The minimum Gasteiger partial charge on any atom is -0.450 e. The van der Waals surface area contributed by atoms with E-state index in [-0.39, 0.29) is 6.08 Å². The lowest BCUT2D eigenvalue weighted by molar-refractivity contribution is -0.158. The Balaban J connectivity index is 0. The first-order chi connectivity index (χ1) is 6.16. The van der Waals surface area contributed by atoms with Gasteiger partial charge in [-0.1, -0.05) is 12.7 Å². The standard InChI is InChI=1S/C5H5F5.CH2O3/c1-2-3(6)5(9,10)4(7)8;2-1(3)4/h2-4H,1H2;(H2,2,3,4). The van der Waals surface area contributed by atoms with Crippen LogP contribution < -0.4 is 0 Å². The van der Waals surface area contributed by atoms with Crippen LogP contribution in [0.4, 0.5) is 26.7 Å². The molecule has 0 fully saturated rings. The fourth-order valence-corrected chi connectivity index (χ4v) is 0.277. The Morgan fingerprint density at radius 3 is 1.64 bits per heavy atom. The number of carboxylic acid groups (broad SMARTS) is 2. The summed E-state index contributed by atoms with van der Waals surface area (Å²) >= 11 is 0. The molecule has 0 saturated carbocycles. The summed E-state index contributed by atoms with van der Waals surface area (Å²) in [5.74, 6) is -4.61. The summed E-state index contributed by atoms with van der Waals surface area (Å²) in [6.45, 7) is 2.62. The molecule has 0 bridgehead atoms. The van der Waals surface area contributed by atoms with E-state index in [0.29, 0.717) is 0 Å². The van der Waals surface area contributed by atoms with Gasteiger partial charge in [0.25, 0.3) is 0 Å². The van der Waals surface area contributed by atoms with E-state index in [1.807, 2.05) is 0 Å². The molecule has 0 aliphatic rings. The van der Waals surface area contributed by atoms with Gasteiger partial charge in [-0.25, -0.2) is 18.0 Å². The molecule has 0 rings (SSSR count). The molecule has 0 amide bonds. The molecule has 2 N–H and O–H groups in total. The lowest BCUT2D eigenvalue weighted by atomic mass is 10.2. The first kappa shape index (κ1) is 15.1. The van der Waals surface area contributed by atoms with Crippen LogP contribution in [-0.4, -0.2) is 34.9 Å². The first-order valence-electron chi connectivity index (χ1n) is 3.00. The Bertz CT molecular complexity index is 190. The summed E-state index contributed by atoms with van der Waals surface area (Å²) in [5.41, 5.74) is 0. The Hall–Kier alpha value is -1.34. The molecule has 0 saturated heterocycles. The zero-order valence-corrected chi connectivity index (χ0v) is 6.63. The van der Waals surface area contributed by atoms with Crippen molar-refractivity contribution in [3.05, 3.63) is 12.7 Å². The van der Waals surface area contributed by atoms with Gasteiger partial charge in [0.15, 0.2) is 6.17 Å². The molecule has 84 valence electrons. The minimum atomic E-state index is -4.61. The molecule has 14 heavy (non-hydrogen) atoms.